The molecule has 1 aromatic rings. The van der Waals surface area contributed by atoms with Crippen LogP contribution in [-0.2, 0) is 7.05 Å². The van der Waals surface area contributed by atoms with Crippen LogP contribution >= 0.6 is 0 Å². The Morgan fingerprint density at radius 2 is 2.08 bits per heavy atom. The number of nitrogens with two attached hydrogens (primary N) is 1. The lowest BCUT2D eigenvalue weighted by atomic mass is 10.1. The molecule has 2 rings (SSSR count). The van der Waals surface area contributed by atoms with Gasteiger partial charge in [0.15, 0.2) is 0 Å². The second-order valence-electron chi connectivity index (χ2n) is 4.66. The first-order chi connectivity index (χ1) is 5.96. The zero-order chi connectivity index (χ0) is 9.80. The van der Waals surface area contributed by atoms with Gasteiger partial charge in [0.05, 0.1) is 6.20 Å². The summed E-state index contributed by atoms with van der Waals surface area (Å²) >= 11 is 0. The Morgan fingerprint density at radius 1 is 1.54 bits per heavy atom. The molecule has 3 nitrogen and oxygen atoms in total. The van der Waals surface area contributed by atoms with Gasteiger partial charge in [-0.2, -0.15) is 5.10 Å². The van der Waals surface area contributed by atoms with Gasteiger partial charge in [-0.1, -0.05) is 13.8 Å². The van der Waals surface area contributed by atoms with E-state index in [1.165, 1.54) is 11.3 Å². The molecule has 2 atom stereocenters. The minimum atomic E-state index is 0.249. The van der Waals surface area contributed by atoms with Crippen molar-refractivity contribution in [3.8, 4) is 0 Å². The zero-order valence-electron chi connectivity index (χ0n) is 8.70. The van der Waals surface area contributed by atoms with Crippen LogP contribution in [0.2, 0.25) is 0 Å². The first-order valence-corrected chi connectivity index (χ1v) is 4.70. The van der Waals surface area contributed by atoms with E-state index in [9.17, 15) is 0 Å². The normalized spacial score (nSPS) is 30.5. The first-order valence-electron chi connectivity index (χ1n) is 4.70. The molecular formula is C10H17N3. The van der Waals surface area contributed by atoms with E-state index in [0.717, 1.165) is 0 Å². The number of hydrogen-bond donors (Lipinski definition) is 1. The molecule has 0 saturated heterocycles. The second kappa shape index (κ2) is 2.35. The predicted octanol–water partition coefficient (Wildman–Crippen LogP) is 1.18. The maximum Gasteiger partial charge on any atom is 0.0521 e. The van der Waals surface area contributed by atoms with Crippen LogP contribution in [0.1, 0.15) is 31.0 Å². The second-order valence-corrected chi connectivity index (χ2v) is 4.66. The minimum absolute atomic E-state index is 0.249. The Morgan fingerprint density at radius 3 is 2.38 bits per heavy atom. The monoisotopic (exact) mass is 179 g/mol. The Hall–Kier alpha value is -0.830. The molecule has 0 unspecified atom stereocenters. The van der Waals surface area contributed by atoms with Crippen LogP contribution in [0.15, 0.2) is 6.20 Å². The molecule has 1 heterocycles. The van der Waals surface area contributed by atoms with Crippen LogP contribution in [-0.4, -0.2) is 15.8 Å². The number of hydrogen-bond acceptors (Lipinski definition) is 2. The highest BCUT2D eigenvalue weighted by Gasteiger charge is 2.57. The van der Waals surface area contributed by atoms with Gasteiger partial charge in [-0.05, 0) is 17.9 Å². The summed E-state index contributed by atoms with van der Waals surface area (Å²) in [4.78, 5) is 0. The van der Waals surface area contributed by atoms with E-state index in [2.05, 4.69) is 25.9 Å². The molecule has 0 aromatic carbocycles. The van der Waals surface area contributed by atoms with Gasteiger partial charge in [-0.25, -0.2) is 0 Å². The molecule has 1 aliphatic rings. The SMILES string of the molecule is Cc1cnn(C)c1[C@H]1[C@H](N)C1(C)C. The number of nitrogens with zero attached hydrogens (tertiary/aromatic N) is 2. The highest BCUT2D eigenvalue weighted by molar-refractivity contribution is 5.33. The van der Waals surface area contributed by atoms with Crippen molar-refractivity contribution in [2.45, 2.75) is 32.7 Å². The molecule has 72 valence electrons. The highest BCUT2D eigenvalue weighted by atomic mass is 15.3. The van der Waals surface area contributed by atoms with Crippen molar-refractivity contribution in [2.24, 2.45) is 18.2 Å². The molecule has 3 heteroatoms. The van der Waals surface area contributed by atoms with Gasteiger partial charge in [0.1, 0.15) is 0 Å². The summed E-state index contributed by atoms with van der Waals surface area (Å²) in [5.74, 6) is 0.486. The fourth-order valence-corrected chi connectivity index (χ4v) is 2.20. The largest absolute Gasteiger partial charge is 0.327 e. The third kappa shape index (κ3) is 1.03. The molecular weight excluding hydrogens is 162 g/mol. The summed E-state index contributed by atoms with van der Waals surface area (Å²) in [6.07, 6.45) is 1.91. The molecule has 0 aliphatic heterocycles. The topological polar surface area (TPSA) is 43.8 Å². The average Bonchev–Trinajstić information content (AvgIpc) is 2.40. The van der Waals surface area contributed by atoms with E-state index < -0.39 is 0 Å². The fraction of sp³-hybridized carbons (Fsp3) is 0.700. The van der Waals surface area contributed by atoms with Crippen molar-refractivity contribution >= 4 is 0 Å². The van der Waals surface area contributed by atoms with Crippen molar-refractivity contribution in [1.82, 2.24) is 9.78 Å². The van der Waals surface area contributed by atoms with Crippen LogP contribution in [0, 0.1) is 12.3 Å². The quantitative estimate of drug-likeness (QED) is 0.703. The Balaban J connectivity index is 2.39. The van der Waals surface area contributed by atoms with Crippen molar-refractivity contribution in [2.75, 3.05) is 0 Å². The lowest BCUT2D eigenvalue weighted by molar-refractivity contribution is 0.580. The van der Waals surface area contributed by atoms with Gasteiger partial charge < -0.3 is 5.73 Å². The van der Waals surface area contributed by atoms with Crippen LogP contribution in [0.5, 0.6) is 0 Å². The summed E-state index contributed by atoms with van der Waals surface area (Å²) in [5.41, 5.74) is 8.84. The summed E-state index contributed by atoms with van der Waals surface area (Å²) in [5, 5.41) is 4.24. The van der Waals surface area contributed by atoms with E-state index in [-0.39, 0.29) is 5.41 Å². The maximum atomic E-state index is 6.03. The summed E-state index contributed by atoms with van der Waals surface area (Å²) in [6.45, 7) is 6.53. The molecule has 1 aliphatic carbocycles. The van der Waals surface area contributed by atoms with E-state index >= 15 is 0 Å². The molecule has 1 saturated carbocycles. The molecule has 1 aromatic heterocycles. The van der Waals surface area contributed by atoms with Gasteiger partial charge >= 0.3 is 0 Å². The van der Waals surface area contributed by atoms with Gasteiger partial charge in [0, 0.05) is 24.7 Å². The van der Waals surface area contributed by atoms with E-state index in [1.54, 1.807) is 0 Å². The number of aromatic nitrogens is 2. The lowest BCUT2D eigenvalue weighted by Crippen LogP contribution is -2.07. The molecule has 0 bridgehead atoms. The highest BCUT2D eigenvalue weighted by Crippen LogP contribution is 2.57. The van der Waals surface area contributed by atoms with E-state index in [4.69, 9.17) is 5.73 Å². The Kier molecular flexibility index (Phi) is 1.58. The van der Waals surface area contributed by atoms with Crippen molar-refractivity contribution < 1.29 is 0 Å². The standard InChI is InChI=1S/C10H17N3/c1-6-5-12-13(4)8(6)7-9(11)10(7,2)3/h5,7,9H,11H2,1-4H3/t7-,9-/m0/s1. The van der Waals surface area contributed by atoms with Gasteiger partial charge in [0.25, 0.3) is 0 Å². The molecule has 0 spiro atoms. The van der Waals surface area contributed by atoms with Gasteiger partial charge in [-0.3, -0.25) is 4.68 Å². The van der Waals surface area contributed by atoms with Crippen LogP contribution in [0.3, 0.4) is 0 Å². The molecule has 0 radical (unpaired) electrons. The fourth-order valence-electron chi connectivity index (χ4n) is 2.20. The zero-order valence-corrected chi connectivity index (χ0v) is 8.70. The minimum Gasteiger partial charge on any atom is -0.327 e. The first kappa shape index (κ1) is 8.75. The summed E-state index contributed by atoms with van der Waals surface area (Å²) < 4.78 is 1.95. The van der Waals surface area contributed by atoms with Crippen molar-refractivity contribution in [3.05, 3.63) is 17.5 Å². The van der Waals surface area contributed by atoms with Crippen molar-refractivity contribution in [3.63, 3.8) is 0 Å². The molecule has 2 N–H and O–H groups in total. The van der Waals surface area contributed by atoms with Crippen LogP contribution < -0.4 is 5.73 Å². The average molecular weight is 179 g/mol. The number of rotatable bonds is 1. The molecule has 13 heavy (non-hydrogen) atoms. The maximum absolute atomic E-state index is 6.03. The van der Waals surface area contributed by atoms with E-state index in [0.29, 0.717) is 12.0 Å². The van der Waals surface area contributed by atoms with Gasteiger partial charge in [0.2, 0.25) is 0 Å². The third-order valence-electron chi connectivity index (χ3n) is 3.38. The van der Waals surface area contributed by atoms with Gasteiger partial charge in [-0.15, -0.1) is 0 Å². The molecule has 0 amide bonds. The number of aryl methyl sites for hydroxylation is 2. The predicted molar refractivity (Wildman–Crippen MR) is 52.4 cm³/mol. The third-order valence-corrected chi connectivity index (χ3v) is 3.38. The van der Waals surface area contributed by atoms with E-state index in [1.807, 2.05) is 17.9 Å². The van der Waals surface area contributed by atoms with Crippen LogP contribution in [0.4, 0.5) is 0 Å². The molecule has 1 fully saturated rings. The van der Waals surface area contributed by atoms with Crippen LogP contribution in [0.25, 0.3) is 0 Å². The Labute approximate surface area is 78.9 Å². The Bertz CT molecular complexity index is 318. The lowest BCUT2D eigenvalue weighted by Gasteiger charge is -2.04. The summed E-state index contributed by atoms with van der Waals surface area (Å²) in [6, 6.07) is 0.293. The smallest absolute Gasteiger partial charge is 0.0521 e. The van der Waals surface area contributed by atoms with Crippen molar-refractivity contribution in [1.29, 1.82) is 0 Å². The summed E-state index contributed by atoms with van der Waals surface area (Å²) in [7, 11) is 1.99.